The maximum atomic E-state index is 12.0. The van der Waals surface area contributed by atoms with Crippen molar-refractivity contribution in [2.75, 3.05) is 19.1 Å². The first-order valence-electron chi connectivity index (χ1n) is 11.8. The second kappa shape index (κ2) is 10.0. The van der Waals surface area contributed by atoms with E-state index in [9.17, 15) is 15.2 Å². The van der Waals surface area contributed by atoms with E-state index in [0.717, 1.165) is 22.4 Å². The topological polar surface area (TPSA) is 138 Å². The fourth-order valence-corrected chi connectivity index (χ4v) is 5.33. The van der Waals surface area contributed by atoms with Crippen molar-refractivity contribution in [3.8, 4) is 5.75 Å². The van der Waals surface area contributed by atoms with E-state index in [1.165, 1.54) is 31.1 Å². The van der Waals surface area contributed by atoms with Crippen molar-refractivity contribution >= 4 is 11.4 Å². The molecule has 0 bridgehead atoms. The number of aliphatic hydroxyl groups is 1. The average molecular weight is 513 g/mol. The molecule has 0 unspecified atom stereocenters. The molecule has 198 valence electrons. The molecule has 0 saturated heterocycles. The first-order chi connectivity index (χ1) is 17.5. The van der Waals surface area contributed by atoms with Crippen LogP contribution in [0.25, 0.3) is 0 Å². The van der Waals surface area contributed by atoms with Crippen LogP contribution in [0.1, 0.15) is 41.0 Å². The van der Waals surface area contributed by atoms with E-state index in [1.54, 1.807) is 20.0 Å². The minimum atomic E-state index is -1.36. The Morgan fingerprint density at radius 3 is 2.41 bits per heavy atom. The molecule has 1 N–H and O–H groups in total. The summed E-state index contributed by atoms with van der Waals surface area (Å²) in [5, 5.41) is 36.2. The van der Waals surface area contributed by atoms with Crippen LogP contribution in [-0.4, -0.2) is 62.5 Å². The van der Waals surface area contributed by atoms with Crippen LogP contribution in [0.5, 0.6) is 5.75 Å². The fourth-order valence-electron chi connectivity index (χ4n) is 5.33. The van der Waals surface area contributed by atoms with Gasteiger partial charge in [-0.15, -0.1) is 10.2 Å². The highest BCUT2D eigenvalue weighted by molar-refractivity contribution is 5.63. The molecular formula is C25H32N6O6. The Labute approximate surface area is 214 Å². The van der Waals surface area contributed by atoms with Crippen molar-refractivity contribution in [2.45, 2.75) is 58.3 Å². The molecule has 2 heterocycles. The highest BCUT2D eigenvalue weighted by atomic mass is 16.7. The number of hydrogen-bond acceptors (Lipinski definition) is 10. The number of aliphatic hydroxyl groups excluding tert-OH is 1. The fraction of sp³-hybridized carbons (Fsp3) is 0.480. The minimum absolute atomic E-state index is 0.117. The van der Waals surface area contributed by atoms with E-state index >= 15 is 0 Å². The van der Waals surface area contributed by atoms with Gasteiger partial charge in [-0.3, -0.25) is 10.1 Å². The number of benzene rings is 2. The summed E-state index contributed by atoms with van der Waals surface area (Å²) >= 11 is 0. The molecule has 3 atom stereocenters. The molecule has 0 radical (unpaired) electrons. The normalized spacial score (nSPS) is 21.0. The highest BCUT2D eigenvalue weighted by Gasteiger charge is 2.54. The van der Waals surface area contributed by atoms with E-state index in [1.807, 2.05) is 37.8 Å². The summed E-state index contributed by atoms with van der Waals surface area (Å²) in [5.41, 5.74) is 2.82. The van der Waals surface area contributed by atoms with Gasteiger partial charge in [-0.05, 0) is 50.1 Å². The number of aryl methyl sites for hydroxylation is 4. The number of rotatable bonds is 8. The van der Waals surface area contributed by atoms with Gasteiger partial charge in [0.25, 0.3) is 5.69 Å². The molecule has 12 nitrogen and oxygen atoms in total. The monoisotopic (exact) mass is 512 g/mol. The summed E-state index contributed by atoms with van der Waals surface area (Å²) in [7, 11) is 4.60. The lowest BCUT2D eigenvalue weighted by molar-refractivity contribution is -0.385. The van der Waals surface area contributed by atoms with Crippen LogP contribution in [0.2, 0.25) is 0 Å². The van der Waals surface area contributed by atoms with Gasteiger partial charge in [0, 0.05) is 37.6 Å². The summed E-state index contributed by atoms with van der Waals surface area (Å²) in [5.74, 6) is 0.798. The third-order valence-electron chi connectivity index (χ3n) is 6.76. The number of methoxy groups -OCH3 is 2. The average Bonchev–Trinajstić information content (AvgIpc) is 3.23. The van der Waals surface area contributed by atoms with E-state index in [2.05, 4.69) is 15.4 Å². The first-order valence-corrected chi connectivity index (χ1v) is 11.8. The summed E-state index contributed by atoms with van der Waals surface area (Å²) in [6.45, 7) is 7.85. The van der Waals surface area contributed by atoms with Crippen LogP contribution < -0.4 is 9.64 Å². The van der Waals surface area contributed by atoms with Crippen LogP contribution in [0.4, 0.5) is 11.4 Å². The molecule has 0 amide bonds. The predicted octanol–water partition coefficient (Wildman–Crippen LogP) is 2.92. The summed E-state index contributed by atoms with van der Waals surface area (Å²) < 4.78 is 17.3. The second-order valence-electron chi connectivity index (χ2n) is 9.53. The van der Waals surface area contributed by atoms with Gasteiger partial charge in [0.15, 0.2) is 17.7 Å². The van der Waals surface area contributed by atoms with E-state index in [0.29, 0.717) is 17.1 Å². The lowest BCUT2D eigenvalue weighted by atomic mass is 9.82. The first kappa shape index (κ1) is 26.5. The van der Waals surface area contributed by atoms with Crippen molar-refractivity contribution in [2.24, 2.45) is 7.05 Å². The zero-order valence-electron chi connectivity index (χ0n) is 22.0. The highest BCUT2D eigenvalue weighted by Crippen LogP contribution is 2.48. The smallest absolute Gasteiger partial charge is 0.270 e. The molecular weight excluding hydrogens is 480 g/mol. The van der Waals surface area contributed by atoms with Gasteiger partial charge >= 0.3 is 0 Å². The number of anilines is 1. The zero-order chi connectivity index (χ0) is 27.1. The maximum absolute atomic E-state index is 12.0. The minimum Gasteiger partial charge on any atom is -0.479 e. The Morgan fingerprint density at radius 1 is 1.22 bits per heavy atom. The number of ether oxygens (including phenoxy) is 3. The number of non-ortho nitro benzene ring substituents is 1. The number of nitrogens with zero attached hydrogens (tertiary/aromatic N) is 6. The maximum Gasteiger partial charge on any atom is 0.270 e. The number of tetrazole rings is 1. The molecule has 37 heavy (non-hydrogen) atoms. The van der Waals surface area contributed by atoms with Gasteiger partial charge in [-0.25, -0.2) is 0 Å². The second-order valence-corrected chi connectivity index (χ2v) is 9.53. The van der Waals surface area contributed by atoms with Gasteiger partial charge in [0.2, 0.25) is 0 Å². The van der Waals surface area contributed by atoms with Crippen LogP contribution in [-0.2, 0) is 23.1 Å². The van der Waals surface area contributed by atoms with Crippen molar-refractivity contribution in [1.82, 2.24) is 20.2 Å². The van der Waals surface area contributed by atoms with Gasteiger partial charge < -0.3 is 24.2 Å². The molecule has 2 aromatic carbocycles. The van der Waals surface area contributed by atoms with Crippen molar-refractivity contribution in [1.29, 1.82) is 0 Å². The number of fused-ring (bicyclic) bond motifs is 1. The zero-order valence-corrected chi connectivity index (χ0v) is 22.0. The van der Waals surface area contributed by atoms with Gasteiger partial charge in [-0.2, -0.15) is 4.80 Å². The quantitative estimate of drug-likeness (QED) is 0.272. The van der Waals surface area contributed by atoms with Crippen LogP contribution in [0.3, 0.4) is 0 Å². The third-order valence-corrected chi connectivity index (χ3v) is 6.76. The Morgan fingerprint density at radius 2 is 1.86 bits per heavy atom. The Bertz CT molecular complexity index is 1290. The van der Waals surface area contributed by atoms with Crippen LogP contribution >= 0.6 is 0 Å². The largest absolute Gasteiger partial charge is 0.479 e. The molecule has 3 aromatic rings. The Balaban J connectivity index is 1.99. The molecule has 4 rings (SSSR count). The van der Waals surface area contributed by atoms with E-state index in [-0.39, 0.29) is 12.2 Å². The number of hydrogen-bond donors (Lipinski definition) is 1. The summed E-state index contributed by atoms with van der Waals surface area (Å²) in [6, 6.07) is 7.64. The molecule has 0 spiro atoms. The van der Waals surface area contributed by atoms with Crippen molar-refractivity contribution in [3.05, 3.63) is 68.5 Å². The molecule has 1 aliphatic rings. The van der Waals surface area contributed by atoms with Gasteiger partial charge in [0.05, 0.1) is 24.6 Å². The lowest BCUT2D eigenvalue weighted by Crippen LogP contribution is -2.62. The lowest BCUT2D eigenvalue weighted by Gasteiger charge is -2.50. The molecule has 0 saturated carbocycles. The van der Waals surface area contributed by atoms with Crippen molar-refractivity contribution in [3.63, 3.8) is 0 Å². The van der Waals surface area contributed by atoms with E-state index < -0.39 is 29.0 Å². The Hall–Kier alpha value is -3.61. The molecule has 0 aliphatic carbocycles. The van der Waals surface area contributed by atoms with Crippen LogP contribution in [0, 0.1) is 30.9 Å². The molecule has 12 heteroatoms. The number of nitro groups is 1. The van der Waals surface area contributed by atoms with Gasteiger partial charge in [-0.1, -0.05) is 17.7 Å². The summed E-state index contributed by atoms with van der Waals surface area (Å²) in [6.07, 6.45) is -2.19. The predicted molar refractivity (Wildman–Crippen MR) is 134 cm³/mol. The van der Waals surface area contributed by atoms with Crippen molar-refractivity contribution < 1.29 is 24.2 Å². The molecule has 1 aliphatic heterocycles. The number of aromatic nitrogens is 4. The SMILES string of the molecule is COC(OC)[C@@]1(C)Oc2ccc([N+](=O)[O-])cc2[C@H](N(Cc2nnn(C)n2)c2c(C)cc(C)cc2C)[C@H]1O. The van der Waals surface area contributed by atoms with Gasteiger partial charge in [0.1, 0.15) is 11.9 Å². The summed E-state index contributed by atoms with van der Waals surface area (Å²) in [4.78, 5) is 14.5. The van der Waals surface area contributed by atoms with E-state index in [4.69, 9.17) is 14.2 Å². The standard InChI is InChI=1S/C25H32N6O6/c1-14-10-15(2)21(16(3)11-14)30(13-20-26-28-29(5)27-20)22-18-12-17(31(33)34)8-9-19(18)37-25(4,23(22)32)24(35-6)36-7/h8-12,22-24,32H,13H2,1-7H3/t22-,23+,25-/m0/s1. The third kappa shape index (κ3) is 4.75. The molecule has 0 fully saturated rings. The van der Waals surface area contributed by atoms with Crippen LogP contribution in [0.15, 0.2) is 30.3 Å². The Kier molecular flexibility index (Phi) is 7.18. The number of nitro benzene ring substituents is 1. The molecule has 1 aromatic heterocycles.